The summed E-state index contributed by atoms with van der Waals surface area (Å²) in [6.07, 6.45) is 5.59. The van der Waals surface area contributed by atoms with Crippen molar-refractivity contribution in [2.45, 2.75) is 91.6 Å². The average Bonchev–Trinajstić information content (AvgIpc) is 3.21. The highest BCUT2D eigenvalue weighted by atomic mass is 35.5. The Kier molecular flexibility index (Phi) is 12.5. The van der Waals surface area contributed by atoms with E-state index >= 15 is 0 Å². The van der Waals surface area contributed by atoms with E-state index in [1.54, 1.807) is 18.1 Å². The third kappa shape index (κ3) is 8.45. The molecule has 0 radical (unpaired) electrons. The zero-order chi connectivity index (χ0) is 36.2. The van der Waals surface area contributed by atoms with Crippen molar-refractivity contribution in [3.63, 3.8) is 0 Å². The molecule has 0 saturated carbocycles. The fraction of sp³-hybridized carbons (Fsp3) is 0.641. The quantitative estimate of drug-likeness (QED) is 0.335. The number of nitrogens with zero attached hydrogens (tertiary/aromatic N) is 3. The number of anilines is 1. The van der Waals surface area contributed by atoms with Gasteiger partial charge in [0.15, 0.2) is 0 Å². The highest BCUT2D eigenvalue weighted by Gasteiger charge is 2.42. The van der Waals surface area contributed by atoms with Crippen LogP contribution in [0.2, 0.25) is 5.02 Å². The largest absolute Gasteiger partial charge is 0.490 e. The SMILES string of the molecule is CC.CO[C@H]1CCC[C@H](C)CS(=O)(NC(=O)N2CC(C)C2)=NC(=O)c2ccc3c(c2)N(C[C@H](C)[C@H]1C)C[C@@]1(CCCc2cc(Cl)ccc21)CO3. The van der Waals surface area contributed by atoms with Gasteiger partial charge in [0.25, 0.3) is 5.91 Å². The first-order valence-electron chi connectivity index (χ1n) is 18.6. The van der Waals surface area contributed by atoms with E-state index in [0.717, 1.165) is 62.3 Å². The predicted molar refractivity (Wildman–Crippen MR) is 203 cm³/mol. The molecule has 1 aliphatic carbocycles. The molecule has 9 nitrogen and oxygen atoms in total. The van der Waals surface area contributed by atoms with E-state index in [1.807, 2.05) is 39.0 Å². The third-order valence-corrected chi connectivity index (χ3v) is 13.3. The molecule has 11 heteroatoms. The van der Waals surface area contributed by atoms with Gasteiger partial charge >= 0.3 is 6.03 Å². The van der Waals surface area contributed by atoms with E-state index < -0.39 is 21.9 Å². The van der Waals surface area contributed by atoms with Crippen LogP contribution in [0.3, 0.4) is 0 Å². The number of urea groups is 1. The maximum atomic E-state index is 14.4. The van der Waals surface area contributed by atoms with E-state index in [4.69, 9.17) is 21.1 Å². The minimum Gasteiger partial charge on any atom is -0.490 e. The average molecular weight is 729 g/mol. The van der Waals surface area contributed by atoms with Crippen LogP contribution in [0, 0.1) is 23.7 Å². The maximum Gasteiger partial charge on any atom is 0.329 e. The van der Waals surface area contributed by atoms with Crippen molar-refractivity contribution in [2.24, 2.45) is 28.0 Å². The molecule has 3 amide bonds. The van der Waals surface area contributed by atoms with Crippen LogP contribution >= 0.6 is 11.6 Å². The van der Waals surface area contributed by atoms with E-state index in [2.05, 4.69) is 46.9 Å². The molecule has 1 unspecified atom stereocenters. The van der Waals surface area contributed by atoms with Crippen LogP contribution in [-0.4, -0.2) is 72.8 Å². The van der Waals surface area contributed by atoms with Gasteiger partial charge in [-0.3, -0.25) is 9.52 Å². The lowest BCUT2D eigenvalue weighted by atomic mass is 9.70. The third-order valence-electron chi connectivity index (χ3n) is 11.1. The summed E-state index contributed by atoms with van der Waals surface area (Å²) >= 11 is 6.44. The molecule has 2 aromatic rings. The Labute approximate surface area is 305 Å². The number of halogens is 1. The lowest BCUT2D eigenvalue weighted by Gasteiger charge is -2.42. The second kappa shape index (κ2) is 16.2. The van der Waals surface area contributed by atoms with Crippen molar-refractivity contribution in [1.29, 1.82) is 0 Å². The number of carbonyl (C=O) groups excluding carboxylic acids is 2. The second-order valence-corrected chi connectivity index (χ2v) is 17.5. The molecular formula is C39H57ClN4O5S. The van der Waals surface area contributed by atoms with Crippen molar-refractivity contribution in [2.75, 3.05) is 50.5 Å². The Morgan fingerprint density at radius 2 is 1.80 bits per heavy atom. The molecule has 50 heavy (non-hydrogen) atoms. The molecule has 0 aromatic heterocycles. The molecule has 2 bridgehead atoms. The molecule has 6 atom stereocenters. The Hall–Kier alpha value is -2.82. The number of nitrogens with one attached hydrogen (secondary N) is 1. The number of aryl methyl sites for hydroxylation is 1. The van der Waals surface area contributed by atoms with Crippen molar-refractivity contribution in [1.82, 2.24) is 9.62 Å². The van der Waals surface area contributed by atoms with Gasteiger partial charge in [0.2, 0.25) is 0 Å². The van der Waals surface area contributed by atoms with Crippen LogP contribution in [-0.2, 0) is 26.5 Å². The van der Waals surface area contributed by atoms with Crippen LogP contribution in [0.4, 0.5) is 10.5 Å². The number of fused-ring (bicyclic) bond motifs is 3. The molecule has 3 aliphatic heterocycles. The Balaban J connectivity index is 0.00000239. The highest BCUT2D eigenvalue weighted by molar-refractivity contribution is 7.92. The van der Waals surface area contributed by atoms with E-state index in [0.29, 0.717) is 36.9 Å². The number of benzene rings is 2. The van der Waals surface area contributed by atoms with Crippen molar-refractivity contribution < 1.29 is 23.3 Å². The number of hydrogen-bond acceptors (Lipinski definition) is 6. The summed E-state index contributed by atoms with van der Waals surface area (Å²) in [4.78, 5) is 31.0. The number of carbonyl (C=O) groups is 2. The minimum absolute atomic E-state index is 0.0248. The zero-order valence-corrected chi connectivity index (χ0v) is 32.6. The first kappa shape index (κ1) is 38.4. The molecule has 1 spiro atoms. The Morgan fingerprint density at radius 3 is 2.52 bits per heavy atom. The number of ether oxygens (including phenoxy) is 2. The fourth-order valence-corrected chi connectivity index (χ4v) is 10.3. The fourth-order valence-electron chi connectivity index (χ4n) is 8.21. The number of rotatable bonds is 2. The smallest absolute Gasteiger partial charge is 0.329 e. The van der Waals surface area contributed by atoms with E-state index in [1.165, 1.54) is 11.1 Å². The van der Waals surface area contributed by atoms with Crippen LogP contribution in [0.1, 0.15) is 95.1 Å². The first-order valence-corrected chi connectivity index (χ1v) is 20.6. The van der Waals surface area contributed by atoms with Crippen molar-refractivity contribution in [3.05, 3.63) is 58.1 Å². The standard InChI is InChI=1S/C37H51ClN4O5S.C2H6/c1-24-8-6-10-33(46-5)27(4)26(3)20-42-22-37(15-7-9-28-16-30(38)12-13-31(28)37)23-47-34-14-11-29(17-32(34)42)35(43)39-48(45,21-24)40-36(44)41-18-25(2)19-41;1-2/h11-14,16-17,24-27,33H,6-10,15,18-23H2,1-5H3,(H,39,40,43,44,45);1-2H3/t24-,26-,27+,33-,37-,48?;/m0./s1. The minimum atomic E-state index is -3.39. The maximum absolute atomic E-state index is 14.4. The molecule has 276 valence electrons. The molecule has 1 saturated heterocycles. The summed E-state index contributed by atoms with van der Waals surface area (Å²) in [6, 6.07) is 11.2. The number of methoxy groups -OCH3 is 1. The lowest BCUT2D eigenvalue weighted by molar-refractivity contribution is 0.0302. The first-order chi connectivity index (χ1) is 23.9. The number of hydrogen-bond donors (Lipinski definition) is 1. The van der Waals surface area contributed by atoms with Gasteiger partial charge in [0.1, 0.15) is 15.7 Å². The Bertz CT molecular complexity index is 1650. The number of amides is 3. The normalized spacial score (nSPS) is 30.4. The van der Waals surface area contributed by atoms with Gasteiger partial charge in [-0.15, -0.1) is 4.36 Å². The topological polar surface area (TPSA) is 101 Å². The molecular weight excluding hydrogens is 672 g/mol. The molecule has 2 aromatic carbocycles. The van der Waals surface area contributed by atoms with Gasteiger partial charge in [0.05, 0.1) is 24.2 Å². The second-order valence-electron chi connectivity index (χ2n) is 15.1. The van der Waals surface area contributed by atoms with Gasteiger partial charge in [-0.25, -0.2) is 9.00 Å². The Morgan fingerprint density at radius 1 is 1.04 bits per heavy atom. The molecule has 1 N–H and O–H groups in total. The van der Waals surface area contributed by atoms with Crippen LogP contribution in [0.25, 0.3) is 0 Å². The van der Waals surface area contributed by atoms with Gasteiger partial charge in [0, 0.05) is 49.3 Å². The van der Waals surface area contributed by atoms with E-state index in [-0.39, 0.29) is 35.0 Å². The van der Waals surface area contributed by atoms with Crippen LogP contribution < -0.4 is 14.4 Å². The molecule has 3 heterocycles. The van der Waals surface area contributed by atoms with Gasteiger partial charge in [-0.2, -0.15) is 0 Å². The van der Waals surface area contributed by atoms with Crippen molar-refractivity contribution >= 4 is 39.1 Å². The summed E-state index contributed by atoms with van der Waals surface area (Å²) in [5.74, 6) is 1.12. The van der Waals surface area contributed by atoms with E-state index in [9.17, 15) is 13.8 Å². The monoisotopic (exact) mass is 728 g/mol. The summed E-state index contributed by atoms with van der Waals surface area (Å²) < 4.78 is 34.1. The van der Waals surface area contributed by atoms with Crippen molar-refractivity contribution in [3.8, 4) is 5.75 Å². The highest BCUT2D eigenvalue weighted by Crippen LogP contribution is 2.45. The predicted octanol–water partition coefficient (Wildman–Crippen LogP) is 8.13. The van der Waals surface area contributed by atoms with Gasteiger partial charge in [-0.05, 0) is 97.2 Å². The van der Waals surface area contributed by atoms with Crippen LogP contribution in [0.15, 0.2) is 40.8 Å². The zero-order valence-electron chi connectivity index (χ0n) is 31.0. The molecule has 1 fully saturated rings. The summed E-state index contributed by atoms with van der Waals surface area (Å²) in [7, 11) is -1.60. The molecule has 4 aliphatic rings. The lowest BCUT2D eigenvalue weighted by Crippen LogP contribution is -2.54. The van der Waals surface area contributed by atoms with Gasteiger partial charge < -0.3 is 19.3 Å². The molecule has 6 rings (SSSR count). The van der Waals surface area contributed by atoms with Gasteiger partial charge in [-0.1, -0.05) is 65.6 Å². The summed E-state index contributed by atoms with van der Waals surface area (Å²) in [5.41, 5.74) is 3.45. The number of likely N-dealkylation sites (tertiary alicyclic amines) is 1. The summed E-state index contributed by atoms with van der Waals surface area (Å²) in [6.45, 7) is 15.8. The summed E-state index contributed by atoms with van der Waals surface area (Å²) in [5, 5.41) is 0.746. The van der Waals surface area contributed by atoms with Crippen LogP contribution in [0.5, 0.6) is 5.75 Å².